The molecule has 0 unspecified atom stereocenters. The number of carboxylic acid groups (broad SMARTS) is 1. The molecule has 0 radical (unpaired) electrons. The Balaban J connectivity index is 1.75. The predicted molar refractivity (Wildman–Crippen MR) is 104 cm³/mol. The van der Waals surface area contributed by atoms with E-state index in [1.807, 2.05) is 0 Å². The topological polar surface area (TPSA) is 93.1 Å². The fourth-order valence-electron chi connectivity index (χ4n) is 2.56. The molecule has 2 aromatic rings. The van der Waals surface area contributed by atoms with Crippen LogP contribution in [-0.2, 0) is 16.2 Å². The lowest BCUT2D eigenvalue weighted by Gasteiger charge is -2.11. The van der Waals surface area contributed by atoms with Gasteiger partial charge in [0.1, 0.15) is 19.0 Å². The van der Waals surface area contributed by atoms with Crippen LogP contribution in [0.2, 0.25) is 0 Å². The number of methoxy groups -OCH3 is 1. The van der Waals surface area contributed by atoms with Crippen molar-refractivity contribution in [2.24, 2.45) is 0 Å². The van der Waals surface area contributed by atoms with Crippen LogP contribution in [0.4, 0.5) is 9.18 Å². The number of thioether (sulfide) groups is 1. The van der Waals surface area contributed by atoms with Crippen LogP contribution in [0.1, 0.15) is 11.1 Å². The molecule has 1 saturated heterocycles. The molecule has 1 N–H and O–H groups in total. The number of carbonyl (C=O) groups is 3. The zero-order chi connectivity index (χ0) is 21.0. The Morgan fingerprint density at radius 3 is 2.55 bits per heavy atom. The third-order valence-electron chi connectivity index (χ3n) is 3.96. The van der Waals surface area contributed by atoms with E-state index in [0.29, 0.717) is 33.7 Å². The van der Waals surface area contributed by atoms with Gasteiger partial charge in [0.2, 0.25) is 0 Å². The Hall–Kier alpha value is -3.33. The Morgan fingerprint density at radius 2 is 1.90 bits per heavy atom. The van der Waals surface area contributed by atoms with Gasteiger partial charge < -0.3 is 14.6 Å². The number of ether oxygens (including phenoxy) is 2. The molecule has 2 aromatic carbocycles. The van der Waals surface area contributed by atoms with E-state index in [9.17, 15) is 18.8 Å². The molecule has 1 aliphatic rings. The maximum atomic E-state index is 13.0. The van der Waals surface area contributed by atoms with E-state index in [1.165, 1.54) is 25.3 Å². The molecule has 0 spiro atoms. The first-order valence-corrected chi connectivity index (χ1v) is 9.21. The fraction of sp³-hybridized carbons (Fsp3) is 0.150. The highest BCUT2D eigenvalue weighted by molar-refractivity contribution is 8.18. The highest BCUT2D eigenvalue weighted by atomic mass is 32.2. The van der Waals surface area contributed by atoms with Crippen LogP contribution in [0, 0.1) is 5.82 Å². The Kier molecular flexibility index (Phi) is 6.18. The second-order valence-corrected chi connectivity index (χ2v) is 6.98. The monoisotopic (exact) mass is 417 g/mol. The smallest absolute Gasteiger partial charge is 0.323 e. The van der Waals surface area contributed by atoms with Gasteiger partial charge in [-0.15, -0.1) is 0 Å². The van der Waals surface area contributed by atoms with Crippen molar-refractivity contribution in [2.75, 3.05) is 13.7 Å². The van der Waals surface area contributed by atoms with Crippen molar-refractivity contribution >= 4 is 35.0 Å². The maximum Gasteiger partial charge on any atom is 0.323 e. The first-order valence-electron chi connectivity index (χ1n) is 8.40. The molecule has 29 heavy (non-hydrogen) atoms. The van der Waals surface area contributed by atoms with Gasteiger partial charge in [0.25, 0.3) is 11.1 Å². The molecule has 0 atom stereocenters. The summed E-state index contributed by atoms with van der Waals surface area (Å²) in [6.07, 6.45) is 1.49. The van der Waals surface area contributed by atoms with Gasteiger partial charge in [-0.1, -0.05) is 18.2 Å². The summed E-state index contributed by atoms with van der Waals surface area (Å²) in [5.74, 6) is -1.39. The summed E-state index contributed by atoms with van der Waals surface area (Å²) in [6, 6.07) is 10.9. The van der Waals surface area contributed by atoms with Crippen LogP contribution in [0.25, 0.3) is 6.08 Å². The highest BCUT2D eigenvalue weighted by Gasteiger charge is 2.36. The number of benzene rings is 2. The molecule has 7 nitrogen and oxygen atoms in total. The van der Waals surface area contributed by atoms with Crippen LogP contribution in [-0.4, -0.2) is 40.8 Å². The summed E-state index contributed by atoms with van der Waals surface area (Å²) in [4.78, 5) is 35.7. The lowest BCUT2D eigenvalue weighted by molar-refractivity contribution is -0.140. The van der Waals surface area contributed by atoms with E-state index >= 15 is 0 Å². The summed E-state index contributed by atoms with van der Waals surface area (Å²) in [7, 11) is 1.46. The summed E-state index contributed by atoms with van der Waals surface area (Å²) in [5.41, 5.74) is 1.36. The largest absolute Gasteiger partial charge is 0.493 e. The molecule has 3 rings (SSSR count). The summed E-state index contributed by atoms with van der Waals surface area (Å²) in [6.45, 7) is -0.467. The van der Waals surface area contributed by atoms with E-state index in [-0.39, 0.29) is 17.3 Å². The summed E-state index contributed by atoms with van der Waals surface area (Å²) in [5, 5.41) is 8.18. The molecule has 0 aliphatic carbocycles. The molecule has 9 heteroatoms. The fourth-order valence-corrected chi connectivity index (χ4v) is 3.40. The first-order chi connectivity index (χ1) is 13.9. The highest BCUT2D eigenvalue weighted by Crippen LogP contribution is 2.34. The minimum Gasteiger partial charge on any atom is -0.493 e. The van der Waals surface area contributed by atoms with Gasteiger partial charge in [-0.2, -0.15) is 0 Å². The number of carbonyl (C=O) groups excluding carboxylic acids is 2. The maximum absolute atomic E-state index is 13.0. The quantitative estimate of drug-likeness (QED) is 0.689. The number of amides is 2. The van der Waals surface area contributed by atoms with Crippen molar-refractivity contribution in [1.82, 2.24) is 4.90 Å². The van der Waals surface area contributed by atoms with Gasteiger partial charge in [0.15, 0.2) is 11.5 Å². The van der Waals surface area contributed by atoms with Gasteiger partial charge in [-0.25, -0.2) is 4.39 Å². The zero-order valence-corrected chi connectivity index (χ0v) is 16.1. The third-order valence-corrected chi connectivity index (χ3v) is 4.87. The molecule has 1 aliphatic heterocycles. The Bertz CT molecular complexity index is 989. The predicted octanol–water partition coefficient (Wildman–Crippen LogP) is 3.53. The second kappa shape index (κ2) is 8.78. The minimum absolute atomic E-state index is 0.123. The van der Waals surface area contributed by atoms with Crippen molar-refractivity contribution in [2.45, 2.75) is 6.61 Å². The van der Waals surface area contributed by atoms with Crippen LogP contribution >= 0.6 is 11.8 Å². The normalized spacial score (nSPS) is 15.1. The average molecular weight is 417 g/mol. The van der Waals surface area contributed by atoms with Crippen molar-refractivity contribution in [3.8, 4) is 11.5 Å². The third kappa shape index (κ3) is 4.94. The Labute approximate surface area is 169 Å². The molecular formula is C20H16FNO6S. The van der Waals surface area contributed by atoms with Crippen LogP contribution < -0.4 is 9.47 Å². The lowest BCUT2D eigenvalue weighted by Crippen LogP contribution is -2.33. The van der Waals surface area contributed by atoms with Crippen LogP contribution in [0.15, 0.2) is 47.4 Å². The lowest BCUT2D eigenvalue weighted by atomic mass is 10.1. The number of rotatable bonds is 7. The van der Waals surface area contributed by atoms with Gasteiger partial charge in [-0.05, 0) is 53.2 Å². The van der Waals surface area contributed by atoms with Crippen LogP contribution in [0.5, 0.6) is 11.5 Å². The van der Waals surface area contributed by atoms with Crippen molar-refractivity contribution in [3.05, 3.63) is 64.3 Å². The van der Waals surface area contributed by atoms with Crippen LogP contribution in [0.3, 0.4) is 0 Å². The number of hydrogen-bond acceptors (Lipinski definition) is 6. The molecule has 0 aromatic heterocycles. The van der Waals surface area contributed by atoms with Crippen molar-refractivity contribution in [3.63, 3.8) is 0 Å². The number of hydrogen-bond donors (Lipinski definition) is 1. The van der Waals surface area contributed by atoms with E-state index in [1.54, 1.807) is 30.3 Å². The van der Waals surface area contributed by atoms with Gasteiger partial charge in [-0.3, -0.25) is 19.3 Å². The minimum atomic E-state index is -1.27. The van der Waals surface area contributed by atoms with Crippen molar-refractivity contribution < 1.29 is 33.4 Å². The van der Waals surface area contributed by atoms with E-state index in [2.05, 4.69) is 0 Å². The molecule has 2 amide bonds. The Morgan fingerprint density at radius 1 is 1.17 bits per heavy atom. The number of aliphatic carboxylic acids is 1. The molecular weight excluding hydrogens is 401 g/mol. The zero-order valence-electron chi connectivity index (χ0n) is 15.3. The van der Waals surface area contributed by atoms with E-state index < -0.39 is 23.7 Å². The number of carboxylic acids is 1. The van der Waals surface area contributed by atoms with E-state index in [4.69, 9.17) is 14.6 Å². The number of imide groups is 1. The molecule has 150 valence electrons. The van der Waals surface area contributed by atoms with Crippen molar-refractivity contribution in [1.29, 1.82) is 0 Å². The summed E-state index contributed by atoms with van der Waals surface area (Å²) < 4.78 is 24.0. The van der Waals surface area contributed by atoms with Gasteiger partial charge in [0, 0.05) is 0 Å². The first kappa shape index (κ1) is 20.4. The molecule has 1 heterocycles. The molecule has 0 saturated carbocycles. The van der Waals surface area contributed by atoms with E-state index in [0.717, 1.165) is 5.56 Å². The van der Waals surface area contributed by atoms with Gasteiger partial charge >= 0.3 is 5.97 Å². The summed E-state index contributed by atoms with van der Waals surface area (Å²) >= 11 is 0.677. The SMILES string of the molecule is COc1cc(/C=C2/SC(=O)N(CC(=O)O)C2=O)ccc1OCc1ccc(F)cc1. The standard InChI is InChI=1S/C20H16FNO6S/c1-27-16-8-13(9-17-19(25)22(10-18(23)24)20(26)29-17)4-7-15(16)28-11-12-2-5-14(21)6-3-12/h2-9H,10-11H2,1H3,(H,23,24)/b17-9+. The number of halogens is 1. The van der Waals surface area contributed by atoms with Gasteiger partial charge in [0.05, 0.1) is 12.0 Å². The number of nitrogens with zero attached hydrogens (tertiary/aromatic N) is 1. The molecule has 1 fully saturated rings. The second-order valence-electron chi connectivity index (χ2n) is 5.99. The average Bonchev–Trinajstić information content (AvgIpc) is 2.95. The molecule has 0 bridgehead atoms.